The lowest BCUT2D eigenvalue weighted by atomic mass is 9.96. The van der Waals surface area contributed by atoms with Crippen molar-refractivity contribution in [3.63, 3.8) is 0 Å². The van der Waals surface area contributed by atoms with Crippen molar-refractivity contribution in [1.82, 2.24) is 14.4 Å². The van der Waals surface area contributed by atoms with Crippen LogP contribution in [-0.4, -0.2) is 53.5 Å². The molecule has 0 aliphatic carbocycles. The smallest absolute Gasteiger partial charge is 0.255 e. The summed E-state index contributed by atoms with van der Waals surface area (Å²) in [6, 6.07) is 8.79. The van der Waals surface area contributed by atoms with Crippen LogP contribution in [0.1, 0.15) is 40.2 Å². The third-order valence-electron chi connectivity index (χ3n) is 6.12. The van der Waals surface area contributed by atoms with Crippen molar-refractivity contribution in [3.8, 4) is 0 Å². The highest BCUT2D eigenvalue weighted by atomic mass is 19.1. The van der Waals surface area contributed by atoms with E-state index in [2.05, 4.69) is 9.47 Å². The molecule has 1 fully saturated rings. The quantitative estimate of drug-likeness (QED) is 0.757. The molecule has 4 nitrogen and oxygen atoms in total. The molecule has 2 heterocycles. The van der Waals surface area contributed by atoms with Crippen molar-refractivity contribution >= 4 is 5.91 Å². The molecule has 1 aliphatic heterocycles. The number of likely N-dealkylation sites (tertiary alicyclic amines) is 1. The van der Waals surface area contributed by atoms with Crippen molar-refractivity contribution in [2.45, 2.75) is 33.1 Å². The normalized spacial score (nSPS) is 17.7. The summed E-state index contributed by atoms with van der Waals surface area (Å²) in [6.45, 7) is 7.93. The van der Waals surface area contributed by atoms with Crippen LogP contribution in [0, 0.1) is 25.6 Å². The second kappa shape index (κ2) is 8.91. The average Bonchev–Trinajstić information content (AvgIpc) is 2.94. The van der Waals surface area contributed by atoms with Gasteiger partial charge in [-0.2, -0.15) is 0 Å². The molecule has 0 radical (unpaired) electrons. The van der Waals surface area contributed by atoms with Crippen molar-refractivity contribution in [3.05, 3.63) is 58.7 Å². The van der Waals surface area contributed by atoms with Crippen molar-refractivity contribution in [2.75, 3.05) is 33.2 Å². The van der Waals surface area contributed by atoms with Crippen LogP contribution in [0.4, 0.5) is 4.39 Å². The predicted molar refractivity (Wildman–Crippen MR) is 111 cm³/mol. The maximum atomic E-state index is 13.0. The average molecular weight is 386 g/mol. The number of piperidine rings is 1. The number of hydrogen-bond donors (Lipinski definition) is 0. The fourth-order valence-electron chi connectivity index (χ4n) is 4.19. The number of amides is 1. The Morgan fingerprint density at radius 3 is 2.61 bits per heavy atom. The molecule has 0 saturated carbocycles. The van der Waals surface area contributed by atoms with Gasteiger partial charge in [0.25, 0.3) is 5.91 Å². The predicted octanol–water partition coefficient (Wildman–Crippen LogP) is 3.81. The SMILES string of the molecule is Cc1cc(C(=O)N(C)C[C@H]2CCCN(CCc3ccc(F)cc3)C2)c(C)n1C. The van der Waals surface area contributed by atoms with E-state index in [0.717, 1.165) is 56.0 Å². The standard InChI is InChI=1S/C23H32FN3O/c1-17-14-22(18(2)26(17)4)23(28)25(3)15-20-6-5-12-27(16-20)13-11-19-7-9-21(24)10-8-19/h7-10,14,20H,5-6,11-13,15-16H2,1-4H3/t20-/m1/s1. The van der Waals surface area contributed by atoms with Gasteiger partial charge in [-0.15, -0.1) is 0 Å². The molecule has 0 bridgehead atoms. The second-order valence-electron chi connectivity index (χ2n) is 8.21. The minimum Gasteiger partial charge on any atom is -0.351 e. The Morgan fingerprint density at radius 2 is 1.96 bits per heavy atom. The highest BCUT2D eigenvalue weighted by Gasteiger charge is 2.24. The van der Waals surface area contributed by atoms with Gasteiger partial charge in [-0.05, 0) is 69.3 Å². The molecule has 1 amide bonds. The summed E-state index contributed by atoms with van der Waals surface area (Å²) in [5.74, 6) is 0.434. The Bertz CT molecular complexity index is 812. The maximum Gasteiger partial charge on any atom is 0.255 e. The van der Waals surface area contributed by atoms with Crippen LogP contribution in [0.2, 0.25) is 0 Å². The first kappa shape index (κ1) is 20.6. The monoisotopic (exact) mass is 385 g/mol. The minimum absolute atomic E-state index is 0.115. The number of aryl methyl sites for hydroxylation is 1. The zero-order valence-electron chi connectivity index (χ0n) is 17.5. The van der Waals surface area contributed by atoms with Crippen LogP contribution < -0.4 is 0 Å². The first-order valence-electron chi connectivity index (χ1n) is 10.2. The summed E-state index contributed by atoms with van der Waals surface area (Å²) in [7, 11) is 3.92. The van der Waals surface area contributed by atoms with Crippen LogP contribution in [0.3, 0.4) is 0 Å². The highest BCUT2D eigenvalue weighted by Crippen LogP contribution is 2.20. The van der Waals surface area contributed by atoms with E-state index in [1.807, 2.05) is 51.0 Å². The van der Waals surface area contributed by atoms with Gasteiger partial charge in [0.2, 0.25) is 0 Å². The molecule has 1 aromatic heterocycles. The largest absolute Gasteiger partial charge is 0.351 e. The molecule has 0 N–H and O–H groups in total. The first-order valence-corrected chi connectivity index (χ1v) is 10.2. The van der Waals surface area contributed by atoms with Crippen molar-refractivity contribution < 1.29 is 9.18 Å². The number of carbonyl (C=O) groups is 1. The first-order chi connectivity index (χ1) is 13.3. The zero-order valence-corrected chi connectivity index (χ0v) is 17.5. The molecule has 0 unspecified atom stereocenters. The van der Waals surface area contributed by atoms with Gasteiger partial charge < -0.3 is 14.4 Å². The zero-order chi connectivity index (χ0) is 20.3. The van der Waals surface area contributed by atoms with Gasteiger partial charge in [0.05, 0.1) is 5.56 Å². The lowest BCUT2D eigenvalue weighted by Crippen LogP contribution is -2.42. The molecule has 1 atom stereocenters. The Kier molecular flexibility index (Phi) is 6.55. The summed E-state index contributed by atoms with van der Waals surface area (Å²) in [5.41, 5.74) is 4.12. The fraction of sp³-hybridized carbons (Fsp3) is 0.522. The molecular formula is C23H32FN3O. The number of hydrogen-bond acceptors (Lipinski definition) is 2. The number of carbonyl (C=O) groups excluding carboxylic acids is 1. The van der Waals surface area contributed by atoms with Gasteiger partial charge in [0.15, 0.2) is 0 Å². The second-order valence-corrected chi connectivity index (χ2v) is 8.21. The Morgan fingerprint density at radius 1 is 1.25 bits per heavy atom. The number of aromatic nitrogens is 1. The third-order valence-corrected chi connectivity index (χ3v) is 6.12. The summed E-state index contributed by atoms with van der Waals surface area (Å²) >= 11 is 0. The molecule has 0 spiro atoms. The maximum absolute atomic E-state index is 13.0. The van der Waals surface area contributed by atoms with E-state index >= 15 is 0 Å². The number of benzene rings is 1. The molecule has 5 heteroatoms. The van der Waals surface area contributed by atoms with E-state index in [1.54, 1.807) is 0 Å². The van der Waals surface area contributed by atoms with Crippen LogP contribution in [0.5, 0.6) is 0 Å². The van der Waals surface area contributed by atoms with E-state index in [1.165, 1.54) is 24.1 Å². The summed E-state index contributed by atoms with van der Waals surface area (Å²) in [4.78, 5) is 17.3. The van der Waals surface area contributed by atoms with Crippen LogP contribution in [-0.2, 0) is 13.5 Å². The van der Waals surface area contributed by atoms with Gasteiger partial charge >= 0.3 is 0 Å². The minimum atomic E-state index is -0.182. The number of nitrogens with zero attached hydrogens (tertiary/aromatic N) is 3. The van der Waals surface area contributed by atoms with Crippen molar-refractivity contribution in [1.29, 1.82) is 0 Å². The molecular weight excluding hydrogens is 353 g/mol. The number of halogens is 1. The Balaban J connectivity index is 1.53. The molecule has 1 aromatic carbocycles. The van der Waals surface area contributed by atoms with Gasteiger partial charge in [-0.25, -0.2) is 4.39 Å². The molecule has 2 aromatic rings. The van der Waals surface area contributed by atoms with Crippen LogP contribution >= 0.6 is 0 Å². The van der Waals surface area contributed by atoms with E-state index in [-0.39, 0.29) is 11.7 Å². The summed E-state index contributed by atoms with van der Waals surface area (Å²) < 4.78 is 15.1. The van der Waals surface area contributed by atoms with E-state index < -0.39 is 0 Å². The summed E-state index contributed by atoms with van der Waals surface area (Å²) in [6.07, 6.45) is 3.27. The fourth-order valence-corrected chi connectivity index (χ4v) is 4.19. The molecule has 1 aliphatic rings. The highest BCUT2D eigenvalue weighted by molar-refractivity contribution is 5.95. The van der Waals surface area contributed by atoms with E-state index in [4.69, 9.17) is 0 Å². The number of rotatable bonds is 6. The van der Waals surface area contributed by atoms with E-state index in [9.17, 15) is 9.18 Å². The van der Waals surface area contributed by atoms with E-state index in [0.29, 0.717) is 5.92 Å². The molecule has 152 valence electrons. The Hall–Kier alpha value is -2.14. The van der Waals surface area contributed by atoms with Crippen LogP contribution in [0.15, 0.2) is 30.3 Å². The van der Waals surface area contributed by atoms with Crippen LogP contribution in [0.25, 0.3) is 0 Å². The molecule has 3 rings (SSSR count). The lowest BCUT2D eigenvalue weighted by molar-refractivity contribution is 0.0729. The summed E-state index contributed by atoms with van der Waals surface area (Å²) in [5, 5.41) is 0. The molecule has 1 saturated heterocycles. The topological polar surface area (TPSA) is 28.5 Å². The van der Waals surface area contributed by atoms with Crippen molar-refractivity contribution in [2.24, 2.45) is 13.0 Å². The molecule has 28 heavy (non-hydrogen) atoms. The van der Waals surface area contributed by atoms with Gasteiger partial charge in [-0.1, -0.05) is 12.1 Å². The van der Waals surface area contributed by atoms with Gasteiger partial charge in [0, 0.05) is 45.1 Å². The lowest BCUT2D eigenvalue weighted by Gasteiger charge is -2.34. The Labute approximate surface area is 167 Å². The third kappa shape index (κ3) is 4.82. The van der Waals surface area contributed by atoms with Gasteiger partial charge in [-0.3, -0.25) is 4.79 Å². The van der Waals surface area contributed by atoms with Gasteiger partial charge in [0.1, 0.15) is 5.82 Å².